The molecule has 0 aliphatic carbocycles. The smallest absolute Gasteiger partial charge is 0.157 e. The average molecular weight is 536 g/mol. The van der Waals surface area contributed by atoms with Crippen molar-refractivity contribution in [2.24, 2.45) is 5.16 Å². The van der Waals surface area contributed by atoms with E-state index in [1.807, 2.05) is 12.1 Å². The topological polar surface area (TPSA) is 40.0 Å². The molecule has 0 N–H and O–H groups in total. The number of hydrogen-bond donors (Lipinski definition) is 0. The third-order valence-corrected chi connectivity index (χ3v) is 5.24. The Bertz CT molecular complexity index is 882. The zero-order chi connectivity index (χ0) is 21.2. The molecule has 11 heteroatoms. The minimum absolute atomic E-state index is 0.116. The molecule has 0 atom stereocenters. The number of hydrogen-bond acceptors (Lipinski definition) is 5. The summed E-state index contributed by atoms with van der Waals surface area (Å²) in [4.78, 5) is 6.84. The summed E-state index contributed by atoms with van der Waals surface area (Å²) in [6.45, 7) is 0.661. The molecule has 0 bridgehead atoms. The summed E-state index contributed by atoms with van der Waals surface area (Å²) in [6.07, 6.45) is 4.57. The molecule has 0 fully saturated rings. The Balaban J connectivity index is 1.91. The molecule has 156 valence electrons. The number of halogens is 6. The van der Waals surface area contributed by atoms with Crippen molar-refractivity contribution in [1.82, 2.24) is 0 Å². The maximum Gasteiger partial charge on any atom is 0.157 e. The molecule has 0 saturated carbocycles. The quantitative estimate of drug-likeness (QED) is 0.176. The van der Waals surface area contributed by atoms with Crippen LogP contribution in [0.25, 0.3) is 0 Å². The fourth-order valence-electron chi connectivity index (χ4n) is 1.88. The van der Waals surface area contributed by atoms with Crippen LogP contribution >= 0.6 is 80.9 Å². The van der Waals surface area contributed by atoms with Crippen LogP contribution in [0, 0.1) is 0 Å². The van der Waals surface area contributed by atoms with Gasteiger partial charge in [-0.1, -0.05) is 74.8 Å². The molecular formula is C18H13Cl6NO3S. The van der Waals surface area contributed by atoms with Crippen molar-refractivity contribution in [3.63, 3.8) is 0 Å². The van der Waals surface area contributed by atoms with Crippen LogP contribution in [-0.2, 0) is 11.4 Å². The van der Waals surface area contributed by atoms with Gasteiger partial charge >= 0.3 is 0 Å². The highest BCUT2D eigenvalue weighted by atomic mass is 35.5. The maximum absolute atomic E-state index is 6.25. The van der Waals surface area contributed by atoms with Gasteiger partial charge in [0.05, 0.1) is 16.3 Å². The van der Waals surface area contributed by atoms with Crippen molar-refractivity contribution in [2.75, 3.05) is 13.2 Å². The Morgan fingerprint density at radius 3 is 2.24 bits per heavy atom. The Hall–Kier alpha value is -0.790. The fourth-order valence-corrected chi connectivity index (χ4v) is 3.49. The normalized spacial score (nSPS) is 10.7. The first-order valence-electron chi connectivity index (χ1n) is 7.86. The summed E-state index contributed by atoms with van der Waals surface area (Å²) in [6, 6.07) is 6.99. The summed E-state index contributed by atoms with van der Waals surface area (Å²) in [5, 5.41) is 4.47. The molecule has 4 nitrogen and oxygen atoms in total. The number of rotatable bonds is 10. The van der Waals surface area contributed by atoms with Crippen LogP contribution in [-0.4, -0.2) is 19.4 Å². The summed E-state index contributed by atoms with van der Waals surface area (Å²) >= 11 is 36.0. The van der Waals surface area contributed by atoms with Crippen LogP contribution in [0.4, 0.5) is 0 Å². The zero-order valence-corrected chi connectivity index (χ0v) is 19.9. The summed E-state index contributed by atoms with van der Waals surface area (Å²) in [5.41, 5.74) is 0. The molecule has 0 saturated heterocycles. The highest BCUT2D eigenvalue weighted by molar-refractivity contribution is 7.13. The van der Waals surface area contributed by atoms with E-state index >= 15 is 0 Å². The molecule has 0 spiro atoms. The lowest BCUT2D eigenvalue weighted by Crippen LogP contribution is -1.97. The van der Waals surface area contributed by atoms with Gasteiger partial charge < -0.3 is 14.3 Å². The molecular weight excluding hydrogens is 523 g/mol. The largest absolute Gasteiger partial charge is 0.489 e. The molecule has 1 aromatic heterocycles. The van der Waals surface area contributed by atoms with Crippen molar-refractivity contribution < 1.29 is 14.3 Å². The van der Waals surface area contributed by atoms with Crippen molar-refractivity contribution in [3.8, 4) is 11.5 Å². The number of benzene rings is 1. The summed E-state index contributed by atoms with van der Waals surface area (Å²) < 4.78 is 11.5. The van der Waals surface area contributed by atoms with E-state index in [9.17, 15) is 0 Å². The second kappa shape index (κ2) is 12.8. The first-order valence-corrected chi connectivity index (χ1v) is 10.9. The van der Waals surface area contributed by atoms with Crippen LogP contribution in [0.3, 0.4) is 0 Å². The van der Waals surface area contributed by atoms with E-state index in [2.05, 4.69) is 5.16 Å². The van der Waals surface area contributed by atoms with Crippen molar-refractivity contribution in [3.05, 3.63) is 65.2 Å². The number of ether oxygens (including phenoxy) is 2. The summed E-state index contributed by atoms with van der Waals surface area (Å²) in [7, 11) is 0. The van der Waals surface area contributed by atoms with Crippen molar-refractivity contribution in [2.45, 2.75) is 6.61 Å². The minimum Gasteiger partial charge on any atom is -0.489 e. The van der Waals surface area contributed by atoms with E-state index in [4.69, 9.17) is 83.9 Å². The van der Waals surface area contributed by atoms with Gasteiger partial charge in [-0.15, -0.1) is 11.3 Å². The van der Waals surface area contributed by atoms with E-state index in [1.54, 1.807) is 18.3 Å². The van der Waals surface area contributed by atoms with Crippen molar-refractivity contribution >= 4 is 87.2 Å². The zero-order valence-electron chi connectivity index (χ0n) is 14.5. The third kappa shape index (κ3) is 9.26. The Morgan fingerprint density at radius 2 is 1.59 bits per heavy atom. The summed E-state index contributed by atoms with van der Waals surface area (Å²) in [5.74, 6) is 0.835. The lowest BCUT2D eigenvalue weighted by atomic mass is 10.3. The van der Waals surface area contributed by atoms with Gasteiger partial charge in [0.15, 0.2) is 5.75 Å². The average Bonchev–Trinajstić information content (AvgIpc) is 3.08. The highest BCUT2D eigenvalue weighted by Crippen LogP contribution is 2.37. The van der Waals surface area contributed by atoms with Crippen LogP contribution in [0.5, 0.6) is 11.5 Å². The molecule has 2 rings (SSSR count). The highest BCUT2D eigenvalue weighted by Gasteiger charge is 2.11. The second-order valence-corrected chi connectivity index (χ2v) is 9.17. The van der Waals surface area contributed by atoms with Gasteiger partial charge in [-0.2, -0.15) is 0 Å². The van der Waals surface area contributed by atoms with E-state index < -0.39 is 0 Å². The molecule has 2 aromatic rings. The number of thiophene rings is 1. The standard InChI is InChI=1S/C18H13Cl6NO3S/c19-14-7-11(26-5-3-16(21)22)8-15(20)18(14)27-10-13-2-1-12(29-13)9-25-28-6-4-17(23)24/h1-4,7-9H,5-6,10H2. The van der Waals surface area contributed by atoms with Gasteiger partial charge in [-0.25, -0.2) is 0 Å². The van der Waals surface area contributed by atoms with E-state index in [0.717, 1.165) is 9.75 Å². The molecule has 1 heterocycles. The number of oxime groups is 1. The molecule has 0 aliphatic rings. The fraction of sp³-hybridized carbons (Fsp3) is 0.167. The van der Waals surface area contributed by atoms with Gasteiger partial charge in [-0.05, 0) is 24.3 Å². The third-order valence-electron chi connectivity index (χ3n) is 3.07. The van der Waals surface area contributed by atoms with Crippen molar-refractivity contribution in [1.29, 1.82) is 0 Å². The predicted molar refractivity (Wildman–Crippen MR) is 124 cm³/mol. The van der Waals surface area contributed by atoms with Gasteiger partial charge in [0.1, 0.15) is 34.6 Å². The van der Waals surface area contributed by atoms with Gasteiger partial charge in [0.25, 0.3) is 0 Å². The van der Waals surface area contributed by atoms with Gasteiger partial charge in [-0.3, -0.25) is 0 Å². The van der Waals surface area contributed by atoms with E-state index in [-0.39, 0.29) is 28.8 Å². The van der Waals surface area contributed by atoms with E-state index in [0.29, 0.717) is 21.5 Å². The molecule has 1 aromatic carbocycles. The first-order chi connectivity index (χ1) is 13.8. The molecule has 29 heavy (non-hydrogen) atoms. The molecule has 0 radical (unpaired) electrons. The predicted octanol–water partition coefficient (Wildman–Crippen LogP) is 8.00. The Morgan fingerprint density at radius 1 is 0.931 bits per heavy atom. The monoisotopic (exact) mass is 533 g/mol. The lowest BCUT2D eigenvalue weighted by molar-refractivity contribution is 0.176. The maximum atomic E-state index is 6.25. The van der Waals surface area contributed by atoms with Crippen LogP contribution < -0.4 is 9.47 Å². The lowest BCUT2D eigenvalue weighted by Gasteiger charge is -2.11. The van der Waals surface area contributed by atoms with Crippen LogP contribution in [0.1, 0.15) is 9.75 Å². The first kappa shape index (κ1) is 24.5. The molecule has 0 unspecified atom stereocenters. The SMILES string of the molecule is ClC(Cl)=CCON=Cc1ccc(COc2c(Cl)cc(OCC=C(Cl)Cl)cc2Cl)s1. The molecule has 0 aliphatic heterocycles. The van der Waals surface area contributed by atoms with Gasteiger partial charge in [0, 0.05) is 21.9 Å². The van der Waals surface area contributed by atoms with Crippen LogP contribution in [0.2, 0.25) is 10.0 Å². The number of nitrogens with zero attached hydrogens (tertiary/aromatic N) is 1. The molecule has 0 amide bonds. The van der Waals surface area contributed by atoms with Gasteiger partial charge in [0.2, 0.25) is 0 Å². The van der Waals surface area contributed by atoms with E-state index in [1.165, 1.54) is 23.5 Å². The second-order valence-electron chi connectivity index (χ2n) is 5.14. The Labute approximate surface area is 202 Å². The minimum atomic E-state index is 0.116. The van der Waals surface area contributed by atoms with Crippen LogP contribution in [0.15, 0.2) is 50.6 Å². The Kier molecular flexibility index (Phi) is 10.8.